The van der Waals surface area contributed by atoms with E-state index in [1.54, 1.807) is 65.4 Å². The van der Waals surface area contributed by atoms with Crippen LogP contribution in [0, 0.1) is 34.6 Å². The molecule has 10 heterocycles. The highest BCUT2D eigenvalue weighted by Gasteiger charge is 2.48. The third kappa shape index (κ3) is 20.0. The summed E-state index contributed by atoms with van der Waals surface area (Å²) in [6.45, 7) is 13.9. The molecule has 4 aromatic carbocycles. The number of aliphatic carboxylic acids is 1. The lowest BCUT2D eigenvalue weighted by atomic mass is 9.99. The van der Waals surface area contributed by atoms with Gasteiger partial charge in [-0.1, -0.05) is 171 Å². The summed E-state index contributed by atoms with van der Waals surface area (Å²) in [5, 5.41) is 37.2. The molecule has 2 saturated heterocycles. The fourth-order valence-electron chi connectivity index (χ4n) is 15.0. The van der Waals surface area contributed by atoms with E-state index in [4.69, 9.17) is 42.7 Å². The van der Waals surface area contributed by atoms with Crippen LogP contribution in [-0.2, 0) is 28.8 Å². The Hall–Kier alpha value is -10.4. The summed E-state index contributed by atoms with van der Waals surface area (Å²) in [7, 11) is 0. The van der Waals surface area contributed by atoms with Crippen molar-refractivity contribution in [2.75, 3.05) is 19.8 Å². The van der Waals surface area contributed by atoms with Crippen LogP contribution in [0.1, 0.15) is 284 Å². The highest BCUT2D eigenvalue weighted by molar-refractivity contribution is 7.15. The Morgan fingerprint density at radius 2 is 0.966 bits per heavy atom. The van der Waals surface area contributed by atoms with E-state index in [0.29, 0.717) is 53.0 Å². The maximum atomic E-state index is 13.2. The maximum absolute atomic E-state index is 13.2. The zero-order valence-electron chi connectivity index (χ0n) is 64.7. The van der Waals surface area contributed by atoms with Gasteiger partial charge < -0.3 is 19.9 Å². The first-order chi connectivity index (χ1) is 55.0. The molecule has 4 N–H and O–H groups in total. The average Bonchev–Trinajstić information content (AvgIpc) is 1.62. The number of rotatable bonds is 31. The number of aryl methyl sites for hydroxylation is 3. The summed E-state index contributed by atoms with van der Waals surface area (Å²) in [6, 6.07) is 21.8. The first-order valence-electron chi connectivity index (χ1n) is 39.2. The van der Waals surface area contributed by atoms with Gasteiger partial charge in [0, 0.05) is 61.4 Å². The molecule has 26 nitrogen and oxygen atoms in total. The van der Waals surface area contributed by atoms with Crippen LogP contribution in [0.2, 0.25) is 10.0 Å². The molecule has 614 valence electrons. The van der Waals surface area contributed by atoms with E-state index in [-0.39, 0.29) is 87.4 Å². The number of nitrogens with one attached hydrogen (secondary N) is 3. The lowest BCUT2D eigenvalue weighted by Crippen LogP contribution is -2.54. The van der Waals surface area contributed by atoms with Crippen LogP contribution in [-0.4, -0.2) is 147 Å². The van der Waals surface area contributed by atoms with E-state index in [2.05, 4.69) is 71.0 Å². The van der Waals surface area contributed by atoms with Gasteiger partial charge in [-0.2, -0.15) is 0 Å². The summed E-state index contributed by atoms with van der Waals surface area (Å²) in [5.74, 6) is -2.57. The molecule has 2 fully saturated rings. The van der Waals surface area contributed by atoms with Gasteiger partial charge in [-0.25, -0.2) is 0 Å². The minimum atomic E-state index is -1.01. The maximum Gasteiger partial charge on any atom is 0.306 e. The predicted octanol–water partition coefficient (Wildman–Crippen LogP) is 16.1. The van der Waals surface area contributed by atoms with Crippen LogP contribution in [0.3, 0.4) is 0 Å². The number of aromatic nitrogens is 6. The lowest BCUT2D eigenvalue weighted by Gasteiger charge is -2.27. The fourth-order valence-corrected chi connectivity index (χ4v) is 17.6. The number of fused-ring (bicyclic) bond motifs is 8. The van der Waals surface area contributed by atoms with Crippen molar-refractivity contribution in [2.24, 2.45) is 9.98 Å². The average molecular weight is 1660 g/mol. The molecule has 6 aliphatic rings. The number of halogens is 2. The summed E-state index contributed by atoms with van der Waals surface area (Å²) >= 11 is 15.6. The summed E-state index contributed by atoms with van der Waals surface area (Å²) in [6.07, 6.45) is 20.9. The second kappa shape index (κ2) is 40.4. The topological polar surface area (TPSA) is 338 Å². The fraction of sp³-hybridized carbons (Fsp3) is 0.442. The van der Waals surface area contributed by atoms with Crippen LogP contribution in [0.5, 0.6) is 11.5 Å². The van der Waals surface area contributed by atoms with Gasteiger partial charge in [0.1, 0.15) is 57.8 Å². The number of imide groups is 4. The molecule has 4 aromatic heterocycles. The van der Waals surface area contributed by atoms with Crippen LogP contribution < -0.4 is 25.4 Å². The van der Waals surface area contributed by atoms with Gasteiger partial charge in [0.15, 0.2) is 11.6 Å². The molecule has 0 aliphatic carbocycles. The number of nitrogens with zero attached hydrogens (tertiary/aromatic N) is 10. The number of thiophene rings is 2. The normalized spacial score (nSPS) is 17.0. The number of piperidine rings is 2. The van der Waals surface area contributed by atoms with Crippen molar-refractivity contribution in [3.8, 4) is 21.5 Å². The van der Waals surface area contributed by atoms with E-state index in [1.165, 1.54) is 54.7 Å². The second-order valence-electron chi connectivity index (χ2n) is 29.2. The Morgan fingerprint density at radius 3 is 1.43 bits per heavy atom. The number of hydrogen-bond donors (Lipinski definition) is 4. The number of carbonyl (C=O) groups excluding carboxylic acids is 9. The monoisotopic (exact) mass is 1660 g/mol. The largest absolute Gasteiger partial charge is 0.493 e. The Balaban J connectivity index is 0.000000200. The standard InChI is InChI=1S/C41H44ClN7O6S.C24H32N2O5.C19H17ClN4O2S.2CH4/c1-24-25(2)56-41-34(24)36(26-14-16-27(42)17-15-26)45-29(37-47-44-23-48(37)41)22-33(51)43-20-9-7-5-3-4-6-8-10-21-55-31-13-11-12-28-35(31)40(54)49(39(28)53)30-18-19-32(50)46-38(30)52;1-2-3-4-5-6-7-8-9-10-16-31-19-13-11-12-17-21(19)24(30)26(23(17)29)18-14-15-20(27)25-22(18)28;1-9-10(2)27-19-16(9)17(12-4-6-13(20)7-5-12)21-14(8-15(25)26)18-23-22-11(3)24(18)19;;/h11-17,23,29-30H,3-10,18-22H2,1-2H3,(H,43,51)(H,46,50,52);11-13,18H,2-10,14-16H2,1H3,(H,25,27,28);4-7,14H,8H2,1-3H3,(H,25,26);2*1H4/t29-,30?;;14-;;/m0.0../s1. The van der Waals surface area contributed by atoms with E-state index in [9.17, 15) is 53.1 Å². The second-order valence-corrected chi connectivity index (χ2v) is 32.5. The molecule has 6 aliphatic heterocycles. The van der Waals surface area contributed by atoms with E-state index < -0.39 is 71.5 Å². The molecule has 2 unspecified atom stereocenters. The Morgan fingerprint density at radius 1 is 0.526 bits per heavy atom. The molecule has 8 aromatic rings. The molecule has 0 saturated carbocycles. The van der Waals surface area contributed by atoms with E-state index in [0.717, 1.165) is 135 Å². The van der Waals surface area contributed by atoms with Gasteiger partial charge in [-0.05, 0) is 126 Å². The van der Waals surface area contributed by atoms with Crippen molar-refractivity contribution in [2.45, 2.75) is 228 Å². The number of unbranched alkanes of at least 4 members (excludes halogenated alkanes) is 15. The van der Waals surface area contributed by atoms with Crippen LogP contribution >= 0.6 is 45.9 Å². The number of ether oxygens (including phenoxy) is 2. The Bertz CT molecular complexity index is 5040. The van der Waals surface area contributed by atoms with Crippen molar-refractivity contribution in [1.82, 2.24) is 55.3 Å². The van der Waals surface area contributed by atoms with Crippen molar-refractivity contribution in [3.63, 3.8) is 0 Å². The molecular weight excluding hydrogens is 1560 g/mol. The van der Waals surface area contributed by atoms with E-state index >= 15 is 0 Å². The molecule has 0 radical (unpaired) electrons. The third-order valence-electron chi connectivity index (χ3n) is 21.2. The first kappa shape index (κ1) is 88.0. The number of carbonyl (C=O) groups is 10. The van der Waals surface area contributed by atoms with Crippen LogP contribution in [0.25, 0.3) is 10.0 Å². The van der Waals surface area contributed by atoms with Gasteiger partial charge >= 0.3 is 5.97 Å². The highest BCUT2D eigenvalue weighted by Crippen LogP contribution is 2.43. The number of amides is 9. The SMILES string of the molecule is C.C.CCCCCCCCCCCOc1cccc2c1C(=O)N(C1CCC(=O)NC1=O)C2=O.Cc1sc2c(c1C)C(c1ccc(Cl)cc1)=N[C@@H](CC(=O)NCCCCCCCCCCOc1cccc3c1C(=O)N(C1CCC(=O)NC1=O)C3=O)c1nncn1-2.Cc1sc2c(c1C)C(c1ccc(Cl)cc1)=N[C@@H](CC(=O)O)c1nnc(C)n1-2. The number of carboxylic acids is 1. The van der Waals surface area contributed by atoms with Crippen molar-refractivity contribution in [1.29, 1.82) is 0 Å². The summed E-state index contributed by atoms with van der Waals surface area (Å²) in [4.78, 5) is 139. The van der Waals surface area contributed by atoms with Gasteiger partial charge in [0.05, 0.1) is 59.7 Å². The minimum Gasteiger partial charge on any atom is -0.493 e. The molecule has 4 atom stereocenters. The third-order valence-corrected chi connectivity index (χ3v) is 24.1. The number of hydrogen-bond acceptors (Lipinski definition) is 20. The molecule has 30 heteroatoms. The van der Waals surface area contributed by atoms with Crippen LogP contribution in [0.15, 0.2) is 101 Å². The van der Waals surface area contributed by atoms with Gasteiger partial charge in [-0.15, -0.1) is 43.1 Å². The van der Waals surface area contributed by atoms with Crippen molar-refractivity contribution < 1.29 is 62.5 Å². The first-order valence-corrected chi connectivity index (χ1v) is 41.6. The zero-order chi connectivity index (χ0) is 80.9. The molecule has 14 rings (SSSR count). The molecular formula is C86H101Cl2N13O13S2. The Kier molecular flexibility index (Phi) is 30.7. The van der Waals surface area contributed by atoms with Crippen molar-refractivity contribution in [3.05, 3.63) is 184 Å². The van der Waals surface area contributed by atoms with Crippen LogP contribution in [0.4, 0.5) is 0 Å². The summed E-state index contributed by atoms with van der Waals surface area (Å²) in [5.41, 5.74) is 8.56. The minimum absolute atomic E-state index is 0. The summed E-state index contributed by atoms with van der Waals surface area (Å²) < 4.78 is 15.7. The molecule has 0 spiro atoms. The van der Waals surface area contributed by atoms with Crippen molar-refractivity contribution >= 4 is 116 Å². The van der Waals surface area contributed by atoms with Gasteiger partial charge in [0.25, 0.3) is 23.6 Å². The molecule has 0 bridgehead atoms. The Labute approximate surface area is 693 Å². The van der Waals surface area contributed by atoms with E-state index in [1.807, 2.05) is 64.6 Å². The smallest absolute Gasteiger partial charge is 0.306 e. The zero-order valence-corrected chi connectivity index (χ0v) is 67.9. The predicted molar refractivity (Wildman–Crippen MR) is 447 cm³/mol. The lowest BCUT2D eigenvalue weighted by molar-refractivity contribution is -0.138. The molecule has 116 heavy (non-hydrogen) atoms. The number of aliphatic imine (C=N–C) groups is 2. The number of benzene rings is 4. The highest BCUT2D eigenvalue weighted by atomic mass is 35.5. The van der Waals surface area contributed by atoms with Gasteiger partial charge in [-0.3, -0.25) is 87.5 Å². The molecule has 9 amide bonds. The van der Waals surface area contributed by atoms with Gasteiger partial charge in [0.2, 0.25) is 29.5 Å². The number of carboxylic acid groups (broad SMARTS) is 1. The quantitative estimate of drug-likeness (QED) is 0.0232.